The van der Waals surface area contributed by atoms with Gasteiger partial charge in [0.25, 0.3) is 11.5 Å². The molecular formula is C23H21N3O4S2. The smallest absolute Gasteiger partial charge is 0.359 e. The Hall–Kier alpha value is -3.30. The van der Waals surface area contributed by atoms with Crippen molar-refractivity contribution >= 4 is 50.3 Å². The van der Waals surface area contributed by atoms with Crippen molar-refractivity contribution in [3.8, 4) is 5.69 Å². The summed E-state index contributed by atoms with van der Waals surface area (Å²) < 4.78 is 6.36. The van der Waals surface area contributed by atoms with Crippen LogP contribution in [0.25, 0.3) is 16.5 Å². The number of hydrogen-bond donors (Lipinski definition) is 1. The van der Waals surface area contributed by atoms with Crippen molar-refractivity contribution in [1.82, 2.24) is 9.78 Å². The van der Waals surface area contributed by atoms with Crippen LogP contribution in [0.4, 0.5) is 5.00 Å². The van der Waals surface area contributed by atoms with Gasteiger partial charge < -0.3 is 10.1 Å². The third-order valence-electron chi connectivity index (χ3n) is 4.90. The van der Waals surface area contributed by atoms with Gasteiger partial charge in [-0.1, -0.05) is 32.0 Å². The van der Waals surface area contributed by atoms with Gasteiger partial charge in [-0.25, -0.2) is 4.79 Å². The average Bonchev–Trinajstić information content (AvgIpc) is 3.45. The number of rotatable bonds is 6. The minimum absolute atomic E-state index is 0.0299. The Bertz CT molecular complexity index is 1340. The molecule has 0 atom stereocenters. The number of anilines is 1. The van der Waals surface area contributed by atoms with E-state index in [-0.39, 0.29) is 23.6 Å². The Morgan fingerprint density at radius 2 is 1.91 bits per heavy atom. The highest BCUT2D eigenvalue weighted by Gasteiger charge is 2.23. The molecule has 0 aliphatic carbocycles. The van der Waals surface area contributed by atoms with Crippen molar-refractivity contribution in [1.29, 1.82) is 0 Å². The summed E-state index contributed by atoms with van der Waals surface area (Å²) in [4.78, 5) is 39.2. The van der Waals surface area contributed by atoms with Crippen LogP contribution in [0.3, 0.4) is 0 Å². The second-order valence-corrected chi connectivity index (χ2v) is 9.14. The Kier molecular flexibility index (Phi) is 6.20. The molecule has 164 valence electrons. The topological polar surface area (TPSA) is 90.3 Å². The zero-order valence-corrected chi connectivity index (χ0v) is 19.4. The largest absolute Gasteiger partial charge is 0.461 e. The summed E-state index contributed by atoms with van der Waals surface area (Å²) in [5.41, 5.74) is 1.25. The number of esters is 1. The van der Waals surface area contributed by atoms with Crippen LogP contribution < -0.4 is 10.9 Å². The van der Waals surface area contributed by atoms with Crippen LogP contribution in [0.5, 0.6) is 0 Å². The first-order valence-electron chi connectivity index (χ1n) is 10.1. The van der Waals surface area contributed by atoms with Crippen molar-refractivity contribution in [2.75, 3.05) is 11.9 Å². The molecule has 9 heteroatoms. The van der Waals surface area contributed by atoms with Crippen LogP contribution in [-0.4, -0.2) is 28.3 Å². The van der Waals surface area contributed by atoms with Crippen molar-refractivity contribution in [3.05, 3.63) is 73.6 Å². The van der Waals surface area contributed by atoms with Gasteiger partial charge >= 0.3 is 5.97 Å². The van der Waals surface area contributed by atoms with Crippen molar-refractivity contribution in [2.45, 2.75) is 26.7 Å². The lowest BCUT2D eigenvalue weighted by Crippen LogP contribution is -2.25. The molecule has 1 aromatic carbocycles. The van der Waals surface area contributed by atoms with Crippen molar-refractivity contribution in [2.24, 2.45) is 0 Å². The van der Waals surface area contributed by atoms with Gasteiger partial charge in [-0.3, -0.25) is 9.59 Å². The first-order valence-corrected chi connectivity index (χ1v) is 11.8. The number of carbonyl (C=O) groups is 2. The zero-order chi connectivity index (χ0) is 22.8. The zero-order valence-electron chi connectivity index (χ0n) is 17.7. The summed E-state index contributed by atoms with van der Waals surface area (Å²) in [6, 6.07) is 10.9. The highest BCUT2D eigenvalue weighted by Crippen LogP contribution is 2.31. The van der Waals surface area contributed by atoms with E-state index in [0.29, 0.717) is 26.9 Å². The molecule has 32 heavy (non-hydrogen) atoms. The fourth-order valence-corrected chi connectivity index (χ4v) is 4.79. The van der Waals surface area contributed by atoms with E-state index in [1.54, 1.807) is 41.9 Å². The molecule has 7 nitrogen and oxygen atoms in total. The predicted molar refractivity (Wildman–Crippen MR) is 128 cm³/mol. The number of carbonyl (C=O) groups excluding carboxylic acids is 2. The summed E-state index contributed by atoms with van der Waals surface area (Å²) in [5.74, 6) is -0.605. The van der Waals surface area contributed by atoms with Crippen molar-refractivity contribution in [3.63, 3.8) is 0 Å². The van der Waals surface area contributed by atoms with Gasteiger partial charge in [0.05, 0.1) is 22.6 Å². The van der Waals surface area contributed by atoms with Gasteiger partial charge in [-0.05, 0) is 42.0 Å². The highest BCUT2D eigenvalue weighted by atomic mass is 32.1. The highest BCUT2D eigenvalue weighted by molar-refractivity contribution is 7.16. The summed E-state index contributed by atoms with van der Waals surface area (Å²) in [6.07, 6.45) is 0. The number of amides is 1. The Balaban J connectivity index is 1.88. The Morgan fingerprint density at radius 3 is 2.53 bits per heavy atom. The monoisotopic (exact) mass is 467 g/mol. The van der Waals surface area contributed by atoms with E-state index < -0.39 is 11.5 Å². The quantitative estimate of drug-likeness (QED) is 0.400. The number of nitrogens with zero attached hydrogens (tertiary/aromatic N) is 2. The molecule has 0 bridgehead atoms. The van der Waals surface area contributed by atoms with E-state index in [4.69, 9.17) is 4.74 Å². The molecule has 4 aromatic rings. The molecule has 0 unspecified atom stereocenters. The van der Waals surface area contributed by atoms with E-state index in [0.717, 1.165) is 5.56 Å². The van der Waals surface area contributed by atoms with Gasteiger partial charge in [0, 0.05) is 10.8 Å². The second kappa shape index (κ2) is 9.05. The molecule has 0 aliphatic rings. The second-order valence-electron chi connectivity index (χ2n) is 7.32. The Labute approximate surface area is 192 Å². The van der Waals surface area contributed by atoms with Crippen LogP contribution in [0.1, 0.15) is 52.4 Å². The van der Waals surface area contributed by atoms with E-state index in [9.17, 15) is 14.4 Å². The molecule has 0 aliphatic heterocycles. The lowest BCUT2D eigenvalue weighted by Gasteiger charge is -2.11. The van der Waals surface area contributed by atoms with Gasteiger partial charge in [0.2, 0.25) is 0 Å². The molecule has 0 saturated heterocycles. The number of hydrogen-bond acceptors (Lipinski definition) is 7. The van der Waals surface area contributed by atoms with Crippen LogP contribution >= 0.6 is 22.7 Å². The number of fused-ring (bicyclic) bond motifs is 1. The predicted octanol–water partition coefficient (Wildman–Crippen LogP) is 5.06. The van der Waals surface area contributed by atoms with Crippen LogP contribution in [0.15, 0.2) is 52.0 Å². The molecule has 4 rings (SSSR count). The molecule has 0 saturated carbocycles. The first kappa shape index (κ1) is 21.9. The maximum atomic E-state index is 13.4. The minimum atomic E-state index is -0.626. The van der Waals surface area contributed by atoms with E-state index in [2.05, 4.69) is 24.3 Å². The summed E-state index contributed by atoms with van der Waals surface area (Å²) in [7, 11) is 0. The number of thiophene rings is 2. The standard InChI is InChI=1S/C23H21N3O4S2/c1-4-30-23(29)19-16-12-32-21(24-20(27)17-6-5-11-31-17)18(16)22(28)26(25-19)15-9-7-14(8-10-15)13(2)3/h5-13H,4H2,1-3H3,(H,24,27). The maximum Gasteiger partial charge on any atom is 0.359 e. The molecule has 3 aromatic heterocycles. The van der Waals surface area contributed by atoms with E-state index in [1.807, 2.05) is 12.1 Å². The summed E-state index contributed by atoms with van der Waals surface area (Å²) in [6.45, 7) is 6.04. The molecule has 1 N–H and O–H groups in total. The molecule has 0 fully saturated rings. The Morgan fingerprint density at radius 1 is 1.16 bits per heavy atom. The lowest BCUT2D eigenvalue weighted by atomic mass is 10.0. The third-order valence-corrected chi connectivity index (χ3v) is 6.66. The SMILES string of the molecule is CCOC(=O)c1nn(-c2ccc(C(C)C)cc2)c(=O)c2c(NC(=O)c3cccs3)scc12. The van der Waals surface area contributed by atoms with E-state index >= 15 is 0 Å². The van der Waals surface area contributed by atoms with Gasteiger partial charge in [0.1, 0.15) is 5.00 Å². The van der Waals surface area contributed by atoms with Gasteiger partial charge in [-0.2, -0.15) is 9.78 Å². The molecular weight excluding hydrogens is 446 g/mol. The summed E-state index contributed by atoms with van der Waals surface area (Å²) in [5, 5.41) is 11.5. The maximum absolute atomic E-state index is 13.4. The van der Waals surface area contributed by atoms with Gasteiger partial charge in [0.15, 0.2) is 5.69 Å². The fraction of sp³-hybridized carbons (Fsp3) is 0.217. The summed E-state index contributed by atoms with van der Waals surface area (Å²) >= 11 is 2.48. The minimum Gasteiger partial charge on any atom is -0.461 e. The number of nitrogens with one attached hydrogen (secondary N) is 1. The normalized spacial score (nSPS) is 11.1. The lowest BCUT2D eigenvalue weighted by molar-refractivity contribution is 0.0520. The molecule has 0 radical (unpaired) electrons. The van der Waals surface area contributed by atoms with Crippen LogP contribution in [-0.2, 0) is 4.74 Å². The molecule has 1 amide bonds. The van der Waals surface area contributed by atoms with E-state index in [1.165, 1.54) is 27.4 Å². The number of ether oxygens (including phenoxy) is 1. The van der Waals surface area contributed by atoms with Gasteiger partial charge in [-0.15, -0.1) is 22.7 Å². The third kappa shape index (κ3) is 4.09. The average molecular weight is 468 g/mol. The number of aromatic nitrogens is 2. The van der Waals surface area contributed by atoms with Crippen LogP contribution in [0.2, 0.25) is 0 Å². The number of benzene rings is 1. The van der Waals surface area contributed by atoms with Crippen molar-refractivity contribution < 1.29 is 14.3 Å². The first-order chi connectivity index (χ1) is 15.4. The molecule has 3 heterocycles. The van der Waals surface area contributed by atoms with Crippen LogP contribution in [0, 0.1) is 0 Å². The fourth-order valence-electron chi connectivity index (χ4n) is 3.24. The molecule has 0 spiro atoms.